The van der Waals surface area contributed by atoms with Gasteiger partial charge in [0.15, 0.2) is 0 Å². The van der Waals surface area contributed by atoms with Crippen LogP contribution in [0.2, 0.25) is 0 Å². The quantitative estimate of drug-likeness (QED) is 0.785. The lowest BCUT2D eigenvalue weighted by molar-refractivity contribution is -0.122. The zero-order chi connectivity index (χ0) is 16.4. The minimum atomic E-state index is -0.343. The van der Waals surface area contributed by atoms with Crippen molar-refractivity contribution in [2.45, 2.75) is 39.3 Å². The van der Waals surface area contributed by atoms with Crippen LogP contribution in [0.15, 0.2) is 39.8 Å². The van der Waals surface area contributed by atoms with E-state index >= 15 is 0 Å². The SMILES string of the molecule is CCC[C@H](C)NC(=O)Cn1cnc2c(oc3ccccc32)c1=O. The van der Waals surface area contributed by atoms with E-state index in [9.17, 15) is 9.59 Å². The Hall–Kier alpha value is -2.63. The Morgan fingerprint density at radius 1 is 1.39 bits per heavy atom. The molecule has 0 radical (unpaired) electrons. The fourth-order valence-corrected chi connectivity index (χ4v) is 2.71. The maximum Gasteiger partial charge on any atom is 0.297 e. The van der Waals surface area contributed by atoms with Gasteiger partial charge in [0.05, 0.1) is 6.33 Å². The van der Waals surface area contributed by atoms with E-state index in [-0.39, 0.29) is 29.6 Å². The van der Waals surface area contributed by atoms with E-state index in [0.717, 1.165) is 18.2 Å². The number of para-hydroxylation sites is 1. The summed E-state index contributed by atoms with van der Waals surface area (Å²) in [7, 11) is 0. The predicted molar refractivity (Wildman–Crippen MR) is 88.3 cm³/mol. The molecule has 0 fully saturated rings. The molecule has 0 spiro atoms. The molecule has 2 heterocycles. The summed E-state index contributed by atoms with van der Waals surface area (Å²) >= 11 is 0. The first-order chi connectivity index (χ1) is 11.1. The average Bonchev–Trinajstić information content (AvgIpc) is 2.90. The number of amides is 1. The number of carbonyl (C=O) groups is 1. The summed E-state index contributed by atoms with van der Waals surface area (Å²) in [6.45, 7) is 3.95. The molecule has 2 aromatic heterocycles. The molecule has 6 heteroatoms. The van der Waals surface area contributed by atoms with E-state index in [4.69, 9.17) is 4.42 Å². The topological polar surface area (TPSA) is 77.1 Å². The van der Waals surface area contributed by atoms with Crippen LogP contribution < -0.4 is 10.9 Å². The van der Waals surface area contributed by atoms with Crippen LogP contribution in [0.3, 0.4) is 0 Å². The lowest BCUT2D eigenvalue weighted by Gasteiger charge is -2.13. The van der Waals surface area contributed by atoms with E-state index in [1.165, 1.54) is 10.9 Å². The first kappa shape index (κ1) is 15.3. The van der Waals surface area contributed by atoms with Crippen molar-refractivity contribution in [2.24, 2.45) is 0 Å². The zero-order valence-corrected chi connectivity index (χ0v) is 13.2. The van der Waals surface area contributed by atoms with Crippen molar-refractivity contribution in [1.82, 2.24) is 14.9 Å². The number of aromatic nitrogens is 2. The van der Waals surface area contributed by atoms with Crippen LogP contribution in [0.1, 0.15) is 26.7 Å². The van der Waals surface area contributed by atoms with Gasteiger partial charge in [0.1, 0.15) is 17.6 Å². The molecule has 0 aliphatic heterocycles. The van der Waals surface area contributed by atoms with Gasteiger partial charge in [-0.15, -0.1) is 0 Å². The van der Waals surface area contributed by atoms with Crippen LogP contribution in [0, 0.1) is 0 Å². The molecular formula is C17H19N3O3. The van der Waals surface area contributed by atoms with Gasteiger partial charge in [0.2, 0.25) is 11.5 Å². The summed E-state index contributed by atoms with van der Waals surface area (Å²) < 4.78 is 6.87. The smallest absolute Gasteiger partial charge is 0.297 e. The highest BCUT2D eigenvalue weighted by atomic mass is 16.3. The molecule has 0 aliphatic carbocycles. The van der Waals surface area contributed by atoms with Crippen molar-refractivity contribution in [3.8, 4) is 0 Å². The molecule has 0 unspecified atom stereocenters. The number of nitrogens with zero attached hydrogens (tertiary/aromatic N) is 2. The molecule has 1 N–H and O–H groups in total. The minimum Gasteiger partial charge on any atom is -0.448 e. The van der Waals surface area contributed by atoms with Gasteiger partial charge in [0, 0.05) is 11.4 Å². The van der Waals surface area contributed by atoms with Gasteiger partial charge in [0.25, 0.3) is 5.56 Å². The highest BCUT2D eigenvalue weighted by molar-refractivity contribution is 6.01. The second-order valence-electron chi connectivity index (χ2n) is 5.71. The van der Waals surface area contributed by atoms with Crippen LogP contribution in [-0.2, 0) is 11.3 Å². The van der Waals surface area contributed by atoms with E-state index in [1.807, 2.05) is 25.1 Å². The Bertz CT molecular complexity index is 910. The fraction of sp³-hybridized carbons (Fsp3) is 0.353. The first-order valence-electron chi connectivity index (χ1n) is 7.76. The highest BCUT2D eigenvalue weighted by Crippen LogP contribution is 2.23. The predicted octanol–water partition coefficient (Wildman–Crippen LogP) is 2.45. The zero-order valence-electron chi connectivity index (χ0n) is 13.2. The number of benzene rings is 1. The number of furan rings is 1. The molecule has 23 heavy (non-hydrogen) atoms. The molecule has 0 aliphatic rings. The van der Waals surface area contributed by atoms with Crippen molar-refractivity contribution in [3.63, 3.8) is 0 Å². The molecule has 120 valence electrons. The van der Waals surface area contributed by atoms with Gasteiger partial charge in [-0.05, 0) is 25.5 Å². The largest absolute Gasteiger partial charge is 0.448 e. The second kappa shape index (κ2) is 6.24. The molecule has 3 aromatic rings. The summed E-state index contributed by atoms with van der Waals surface area (Å²) in [5, 5.41) is 3.67. The van der Waals surface area contributed by atoms with Crippen LogP contribution >= 0.6 is 0 Å². The standard InChI is InChI=1S/C17H19N3O3/c1-3-6-11(2)19-14(21)9-20-10-18-15-12-7-4-5-8-13(12)23-16(15)17(20)22/h4-5,7-8,10-11H,3,6,9H2,1-2H3,(H,19,21)/t11-/m0/s1. The van der Waals surface area contributed by atoms with Gasteiger partial charge in [-0.3, -0.25) is 14.2 Å². The third-order valence-corrected chi connectivity index (χ3v) is 3.79. The van der Waals surface area contributed by atoms with E-state index in [2.05, 4.69) is 17.2 Å². The molecule has 1 atom stereocenters. The summed E-state index contributed by atoms with van der Waals surface area (Å²) in [6, 6.07) is 7.45. The van der Waals surface area contributed by atoms with Gasteiger partial charge in [-0.2, -0.15) is 0 Å². The minimum absolute atomic E-state index is 0.0626. The lowest BCUT2D eigenvalue weighted by Crippen LogP contribution is -2.37. The van der Waals surface area contributed by atoms with Gasteiger partial charge in [-0.25, -0.2) is 4.98 Å². The number of rotatable bonds is 5. The van der Waals surface area contributed by atoms with Crippen molar-refractivity contribution >= 4 is 28.0 Å². The molecule has 0 saturated heterocycles. The van der Waals surface area contributed by atoms with Crippen molar-refractivity contribution in [1.29, 1.82) is 0 Å². The number of carbonyl (C=O) groups excluding carboxylic acids is 1. The Kier molecular flexibility index (Phi) is 4.14. The van der Waals surface area contributed by atoms with Crippen molar-refractivity contribution in [2.75, 3.05) is 0 Å². The Morgan fingerprint density at radius 3 is 2.96 bits per heavy atom. The summed E-state index contributed by atoms with van der Waals surface area (Å²) in [5.41, 5.74) is 0.986. The molecule has 6 nitrogen and oxygen atoms in total. The molecule has 0 saturated carbocycles. The van der Waals surface area contributed by atoms with Gasteiger partial charge in [-0.1, -0.05) is 25.5 Å². The Balaban J connectivity index is 1.90. The summed E-state index contributed by atoms with van der Waals surface area (Å²) in [5.74, 6) is -0.203. The van der Waals surface area contributed by atoms with E-state index in [1.54, 1.807) is 6.07 Å². The average molecular weight is 313 g/mol. The molecule has 3 rings (SSSR count). The molecule has 0 bridgehead atoms. The second-order valence-corrected chi connectivity index (χ2v) is 5.71. The normalized spacial score (nSPS) is 12.6. The monoisotopic (exact) mass is 313 g/mol. The summed E-state index contributed by atoms with van der Waals surface area (Å²) in [6.07, 6.45) is 3.30. The Labute approximate surface area is 133 Å². The number of hydrogen-bond acceptors (Lipinski definition) is 4. The maximum absolute atomic E-state index is 12.5. The molecule has 1 aromatic carbocycles. The molecule has 1 amide bonds. The number of fused-ring (bicyclic) bond motifs is 3. The van der Waals surface area contributed by atoms with Crippen LogP contribution in [0.4, 0.5) is 0 Å². The van der Waals surface area contributed by atoms with Crippen LogP contribution in [0.5, 0.6) is 0 Å². The highest BCUT2D eigenvalue weighted by Gasteiger charge is 2.15. The van der Waals surface area contributed by atoms with Crippen LogP contribution in [0.25, 0.3) is 22.1 Å². The molecular weight excluding hydrogens is 294 g/mol. The van der Waals surface area contributed by atoms with Crippen LogP contribution in [-0.4, -0.2) is 21.5 Å². The number of hydrogen-bond donors (Lipinski definition) is 1. The number of nitrogens with one attached hydrogen (secondary N) is 1. The first-order valence-corrected chi connectivity index (χ1v) is 7.76. The van der Waals surface area contributed by atoms with Gasteiger partial charge < -0.3 is 9.73 Å². The third kappa shape index (κ3) is 2.97. The van der Waals surface area contributed by atoms with Crippen molar-refractivity contribution in [3.05, 3.63) is 40.9 Å². The van der Waals surface area contributed by atoms with Gasteiger partial charge >= 0.3 is 0 Å². The third-order valence-electron chi connectivity index (χ3n) is 3.79. The van der Waals surface area contributed by atoms with E-state index in [0.29, 0.717) is 11.1 Å². The fourth-order valence-electron chi connectivity index (χ4n) is 2.71. The van der Waals surface area contributed by atoms with E-state index < -0.39 is 0 Å². The Morgan fingerprint density at radius 2 is 2.17 bits per heavy atom. The van der Waals surface area contributed by atoms with Crippen molar-refractivity contribution < 1.29 is 9.21 Å². The lowest BCUT2D eigenvalue weighted by atomic mass is 10.2. The summed E-state index contributed by atoms with van der Waals surface area (Å²) in [4.78, 5) is 28.8. The maximum atomic E-state index is 12.5.